The van der Waals surface area contributed by atoms with Gasteiger partial charge in [0.1, 0.15) is 0 Å². The van der Waals surface area contributed by atoms with E-state index >= 15 is 0 Å². The normalized spacial score (nSPS) is 13.0. The maximum absolute atomic E-state index is 11.8. The first kappa shape index (κ1) is 19.0. The first-order chi connectivity index (χ1) is 12.0. The summed E-state index contributed by atoms with van der Waals surface area (Å²) in [7, 11) is 0. The number of hydrazone groups is 1. The van der Waals surface area contributed by atoms with Crippen molar-refractivity contribution in [3.8, 4) is 0 Å². The van der Waals surface area contributed by atoms with E-state index in [1.165, 1.54) is 10.6 Å². The second kappa shape index (κ2) is 8.70. The number of urea groups is 1. The quantitative estimate of drug-likeness (QED) is 0.628. The standard InChI is InChI=1S/C17H15Cl2N3O.CO/c1-11-2-4-12(5-3-11)8-14-15(18)9-13(10-16(14)19)22-17(23)20-6-7-21-22;1-2/h2-5,7,9-10H,6,8H2,1H3,(H,20,23);. The van der Waals surface area contributed by atoms with Crippen LogP contribution in [0.15, 0.2) is 41.5 Å². The van der Waals surface area contributed by atoms with Gasteiger partial charge in [0.2, 0.25) is 0 Å². The van der Waals surface area contributed by atoms with E-state index < -0.39 is 0 Å². The molecule has 2 amide bonds. The number of halogens is 2. The van der Waals surface area contributed by atoms with Gasteiger partial charge in [-0.05, 0) is 30.2 Å². The Labute approximate surface area is 156 Å². The molecule has 5 nitrogen and oxygen atoms in total. The minimum absolute atomic E-state index is 0.300. The van der Waals surface area contributed by atoms with Gasteiger partial charge >= 0.3 is 17.3 Å². The van der Waals surface area contributed by atoms with Crippen LogP contribution in [-0.2, 0) is 11.1 Å². The SMILES string of the molecule is Cc1ccc(Cc2c(Cl)cc(N3N=CCNC3=O)cc2Cl)cc1.[C-]#[O+]. The number of carbonyl (C=O) groups is 1. The van der Waals surface area contributed by atoms with Gasteiger partial charge in [-0.1, -0.05) is 53.0 Å². The van der Waals surface area contributed by atoms with E-state index in [-0.39, 0.29) is 6.03 Å². The molecular weight excluding hydrogens is 361 g/mol. The van der Waals surface area contributed by atoms with Gasteiger partial charge in [-0.3, -0.25) is 0 Å². The minimum atomic E-state index is -0.300. The summed E-state index contributed by atoms with van der Waals surface area (Å²) in [6.07, 6.45) is 2.25. The second-order valence-electron chi connectivity index (χ2n) is 5.35. The molecule has 0 saturated heterocycles. The average molecular weight is 376 g/mol. The molecule has 0 fully saturated rings. The molecule has 0 aromatic heterocycles. The number of hydrogen-bond donors (Lipinski definition) is 1. The van der Waals surface area contributed by atoms with Gasteiger partial charge < -0.3 is 5.32 Å². The number of hydrogen-bond acceptors (Lipinski definition) is 2. The third-order valence-corrected chi connectivity index (χ3v) is 4.28. The van der Waals surface area contributed by atoms with Crippen molar-refractivity contribution in [1.82, 2.24) is 5.32 Å². The molecule has 1 aliphatic rings. The molecule has 1 aliphatic heterocycles. The Morgan fingerprint density at radius 3 is 2.36 bits per heavy atom. The Morgan fingerprint density at radius 1 is 1.20 bits per heavy atom. The Kier molecular flexibility index (Phi) is 6.62. The van der Waals surface area contributed by atoms with E-state index in [1.807, 2.05) is 6.92 Å². The van der Waals surface area contributed by atoms with Crippen LogP contribution in [-0.4, -0.2) is 18.8 Å². The monoisotopic (exact) mass is 375 g/mol. The van der Waals surface area contributed by atoms with Crippen molar-refractivity contribution in [1.29, 1.82) is 0 Å². The van der Waals surface area contributed by atoms with E-state index in [1.54, 1.807) is 18.3 Å². The van der Waals surface area contributed by atoms with Crippen LogP contribution in [0.25, 0.3) is 0 Å². The first-order valence-corrected chi connectivity index (χ1v) is 8.14. The number of rotatable bonds is 3. The Balaban J connectivity index is 0.00000109. The van der Waals surface area contributed by atoms with Gasteiger partial charge in [-0.2, -0.15) is 10.1 Å². The van der Waals surface area contributed by atoms with Crippen LogP contribution in [0.2, 0.25) is 10.0 Å². The molecule has 0 bridgehead atoms. The maximum atomic E-state index is 11.8. The van der Waals surface area contributed by atoms with Crippen LogP contribution in [0.4, 0.5) is 10.5 Å². The Hall–Kier alpha value is -2.30. The molecule has 0 aliphatic carbocycles. The second-order valence-corrected chi connectivity index (χ2v) is 6.16. The molecule has 3 rings (SSSR count). The summed E-state index contributed by atoms with van der Waals surface area (Å²) in [5, 5.41) is 9.02. The van der Waals surface area contributed by atoms with Crippen molar-refractivity contribution < 1.29 is 9.45 Å². The zero-order valence-corrected chi connectivity index (χ0v) is 14.9. The van der Waals surface area contributed by atoms with Gasteiger partial charge in [0.25, 0.3) is 0 Å². The molecule has 0 saturated carbocycles. The number of nitrogens with one attached hydrogen (secondary N) is 1. The van der Waals surface area contributed by atoms with Crippen molar-refractivity contribution in [3.05, 3.63) is 69.8 Å². The van der Waals surface area contributed by atoms with Crippen LogP contribution in [0.5, 0.6) is 0 Å². The zero-order valence-electron chi connectivity index (χ0n) is 13.4. The third-order valence-electron chi connectivity index (χ3n) is 3.61. The number of carbonyl (C=O) groups excluding carboxylic acids is 1. The predicted octanol–water partition coefficient (Wildman–Crippen LogP) is 4.37. The predicted molar refractivity (Wildman–Crippen MR) is 98.7 cm³/mol. The molecule has 7 heteroatoms. The molecule has 0 atom stereocenters. The van der Waals surface area contributed by atoms with Gasteiger partial charge in [-0.25, -0.2) is 4.79 Å². The molecule has 128 valence electrons. The van der Waals surface area contributed by atoms with E-state index in [4.69, 9.17) is 27.9 Å². The molecule has 2 aromatic carbocycles. The number of anilines is 1. The van der Waals surface area contributed by atoms with Crippen LogP contribution < -0.4 is 10.3 Å². The van der Waals surface area contributed by atoms with Crippen molar-refractivity contribution in [2.75, 3.05) is 11.6 Å². The number of aryl methyl sites for hydroxylation is 1. The van der Waals surface area contributed by atoms with E-state index in [9.17, 15) is 4.79 Å². The molecule has 0 unspecified atom stereocenters. The van der Waals surface area contributed by atoms with Crippen molar-refractivity contribution in [2.45, 2.75) is 13.3 Å². The van der Waals surface area contributed by atoms with Crippen molar-refractivity contribution >= 4 is 41.1 Å². The van der Waals surface area contributed by atoms with Gasteiger partial charge in [0, 0.05) is 22.7 Å². The van der Waals surface area contributed by atoms with Gasteiger partial charge in [0.05, 0.1) is 12.2 Å². The van der Waals surface area contributed by atoms with Gasteiger partial charge in [-0.15, -0.1) is 0 Å². The molecule has 1 N–H and O–H groups in total. The fraction of sp³-hybridized carbons (Fsp3) is 0.167. The molecule has 1 heterocycles. The fourth-order valence-corrected chi connectivity index (χ4v) is 2.97. The van der Waals surface area contributed by atoms with Gasteiger partial charge in [0.15, 0.2) is 0 Å². The topological polar surface area (TPSA) is 64.6 Å². The molecule has 0 spiro atoms. The zero-order chi connectivity index (χ0) is 18.4. The Bertz CT molecular complexity index is 794. The summed E-state index contributed by atoms with van der Waals surface area (Å²) in [4.78, 5) is 11.8. The molecule has 2 aromatic rings. The van der Waals surface area contributed by atoms with E-state index in [0.717, 1.165) is 11.1 Å². The summed E-state index contributed by atoms with van der Waals surface area (Å²) >= 11 is 12.8. The van der Waals surface area contributed by atoms with Crippen LogP contribution in [0, 0.1) is 13.6 Å². The summed E-state index contributed by atoms with van der Waals surface area (Å²) < 4.78 is 7.50. The summed E-state index contributed by atoms with van der Waals surface area (Å²) in [6.45, 7) is 6.96. The fourth-order valence-electron chi connectivity index (χ4n) is 2.36. The van der Waals surface area contributed by atoms with E-state index in [2.05, 4.69) is 41.3 Å². The van der Waals surface area contributed by atoms with Crippen molar-refractivity contribution in [3.63, 3.8) is 0 Å². The first-order valence-electron chi connectivity index (χ1n) is 7.39. The number of nitrogens with zero attached hydrogens (tertiary/aromatic N) is 2. The van der Waals surface area contributed by atoms with Crippen LogP contribution in [0.3, 0.4) is 0 Å². The summed E-state index contributed by atoms with van der Waals surface area (Å²) in [5.74, 6) is 0. The third kappa shape index (κ3) is 4.62. The number of amides is 2. The van der Waals surface area contributed by atoms with Crippen molar-refractivity contribution in [2.24, 2.45) is 5.10 Å². The summed E-state index contributed by atoms with van der Waals surface area (Å²) in [6, 6.07) is 11.3. The van der Waals surface area contributed by atoms with Crippen LogP contribution in [0.1, 0.15) is 16.7 Å². The number of benzene rings is 2. The molecule has 0 radical (unpaired) electrons. The molecular formula is C18H15Cl2N3O2. The van der Waals surface area contributed by atoms with E-state index in [0.29, 0.717) is 28.7 Å². The Morgan fingerprint density at radius 2 is 1.80 bits per heavy atom. The molecule has 25 heavy (non-hydrogen) atoms. The average Bonchev–Trinajstić information content (AvgIpc) is 2.62. The van der Waals surface area contributed by atoms with Crippen LogP contribution >= 0.6 is 23.2 Å². The summed E-state index contributed by atoms with van der Waals surface area (Å²) in [5.41, 5.74) is 3.71.